The number of nitrogens with two attached hydrogens (primary N) is 1. The van der Waals surface area contributed by atoms with Gasteiger partial charge in [-0.25, -0.2) is 9.97 Å². The smallest absolute Gasteiger partial charge is 0.252 e. The van der Waals surface area contributed by atoms with E-state index in [-0.39, 0.29) is 11.8 Å². The van der Waals surface area contributed by atoms with E-state index >= 15 is 0 Å². The van der Waals surface area contributed by atoms with Crippen LogP contribution in [0.25, 0.3) is 0 Å². The highest BCUT2D eigenvalue weighted by molar-refractivity contribution is 5.93. The quantitative estimate of drug-likeness (QED) is 0.768. The Balaban J connectivity index is 1.59. The summed E-state index contributed by atoms with van der Waals surface area (Å²) in [6.45, 7) is 4.16. The van der Waals surface area contributed by atoms with E-state index in [0.29, 0.717) is 56.2 Å². The number of primary amides is 1. The van der Waals surface area contributed by atoms with Crippen molar-refractivity contribution in [1.82, 2.24) is 14.9 Å². The first-order valence-corrected chi connectivity index (χ1v) is 11.1. The number of rotatable bonds is 5. The molecule has 0 radical (unpaired) electrons. The van der Waals surface area contributed by atoms with Crippen molar-refractivity contribution in [3.63, 3.8) is 0 Å². The number of ether oxygens (including phenoxy) is 2. The molecule has 2 fully saturated rings. The van der Waals surface area contributed by atoms with Crippen LogP contribution in [0.2, 0.25) is 0 Å². The lowest BCUT2D eigenvalue weighted by molar-refractivity contribution is -0.142. The lowest BCUT2D eigenvalue weighted by atomic mass is 9.72. The largest absolute Gasteiger partial charge is 0.497 e. The summed E-state index contributed by atoms with van der Waals surface area (Å²) in [6.07, 6.45) is 4.59. The molecule has 8 heteroatoms. The van der Waals surface area contributed by atoms with Crippen LogP contribution in [0.3, 0.4) is 0 Å². The molecule has 170 valence electrons. The molecule has 2 saturated heterocycles. The Kier molecular flexibility index (Phi) is 6.41. The predicted octanol–water partition coefficient (Wildman–Crippen LogP) is 2.35. The Bertz CT molecular complexity index is 986. The van der Waals surface area contributed by atoms with Crippen LogP contribution in [0.15, 0.2) is 30.5 Å². The fourth-order valence-electron chi connectivity index (χ4n) is 4.85. The van der Waals surface area contributed by atoms with Crippen LogP contribution >= 0.6 is 0 Å². The molecular formula is C24H30N4O4. The molecule has 2 aliphatic heterocycles. The molecule has 0 unspecified atom stereocenters. The van der Waals surface area contributed by atoms with Gasteiger partial charge >= 0.3 is 0 Å². The SMILES string of the molecule is COc1ccc(C2(C(=O)N3CCC[C@H](c4ncc(C(N)=O)c(C)n4)C3)CCOCC2)cc1. The number of aryl methyl sites for hydroxylation is 1. The summed E-state index contributed by atoms with van der Waals surface area (Å²) in [7, 11) is 1.64. The van der Waals surface area contributed by atoms with E-state index in [9.17, 15) is 9.59 Å². The first kappa shape index (κ1) is 22.2. The number of piperidine rings is 1. The lowest BCUT2D eigenvalue weighted by Crippen LogP contribution is -2.52. The average Bonchev–Trinajstić information content (AvgIpc) is 2.84. The monoisotopic (exact) mass is 438 g/mol. The van der Waals surface area contributed by atoms with Gasteiger partial charge in [0.1, 0.15) is 11.6 Å². The van der Waals surface area contributed by atoms with Crippen molar-refractivity contribution in [2.45, 2.75) is 43.9 Å². The van der Waals surface area contributed by atoms with E-state index < -0.39 is 11.3 Å². The van der Waals surface area contributed by atoms with Crippen LogP contribution in [0, 0.1) is 6.92 Å². The van der Waals surface area contributed by atoms with Gasteiger partial charge < -0.3 is 20.1 Å². The highest BCUT2D eigenvalue weighted by atomic mass is 16.5. The number of likely N-dealkylation sites (tertiary alicyclic amines) is 1. The number of carbonyl (C=O) groups is 2. The molecule has 4 rings (SSSR count). The maximum Gasteiger partial charge on any atom is 0.252 e. The number of carbonyl (C=O) groups excluding carboxylic acids is 2. The van der Waals surface area contributed by atoms with Gasteiger partial charge in [-0.1, -0.05) is 12.1 Å². The van der Waals surface area contributed by atoms with Gasteiger partial charge in [0, 0.05) is 38.4 Å². The minimum Gasteiger partial charge on any atom is -0.497 e. The molecule has 1 aromatic heterocycles. The average molecular weight is 439 g/mol. The lowest BCUT2D eigenvalue weighted by Gasteiger charge is -2.42. The summed E-state index contributed by atoms with van der Waals surface area (Å²) in [5.74, 6) is 1.07. The van der Waals surface area contributed by atoms with E-state index in [0.717, 1.165) is 24.2 Å². The number of hydrogen-bond acceptors (Lipinski definition) is 6. The molecule has 2 N–H and O–H groups in total. The van der Waals surface area contributed by atoms with Crippen molar-refractivity contribution < 1.29 is 19.1 Å². The molecule has 0 spiro atoms. The van der Waals surface area contributed by atoms with E-state index in [1.807, 2.05) is 29.2 Å². The minimum absolute atomic E-state index is 0.0288. The second-order valence-corrected chi connectivity index (χ2v) is 8.60. The van der Waals surface area contributed by atoms with Crippen LogP contribution in [0.4, 0.5) is 0 Å². The molecule has 32 heavy (non-hydrogen) atoms. The van der Waals surface area contributed by atoms with E-state index in [4.69, 9.17) is 15.2 Å². The molecule has 1 atom stereocenters. The molecule has 0 aliphatic carbocycles. The predicted molar refractivity (Wildman–Crippen MR) is 119 cm³/mol. The van der Waals surface area contributed by atoms with Crippen molar-refractivity contribution in [2.75, 3.05) is 33.4 Å². The topological polar surface area (TPSA) is 108 Å². The van der Waals surface area contributed by atoms with Crippen molar-refractivity contribution in [1.29, 1.82) is 0 Å². The second-order valence-electron chi connectivity index (χ2n) is 8.60. The first-order valence-electron chi connectivity index (χ1n) is 11.1. The van der Waals surface area contributed by atoms with Gasteiger partial charge in [-0.05, 0) is 50.3 Å². The van der Waals surface area contributed by atoms with Crippen LogP contribution in [-0.4, -0.2) is 60.1 Å². The zero-order valence-corrected chi connectivity index (χ0v) is 18.7. The standard InChI is InChI=1S/C24H30N4O4/c1-16-20(21(25)29)14-26-22(27-16)17-4-3-11-28(15-17)23(30)24(9-12-32-13-10-24)18-5-7-19(31-2)8-6-18/h5-8,14,17H,3-4,9-13,15H2,1-2H3,(H2,25,29)/t17-/m0/s1. The first-order chi connectivity index (χ1) is 15.4. The third-order valence-electron chi connectivity index (χ3n) is 6.74. The normalized spacial score (nSPS) is 20.6. The number of hydrogen-bond donors (Lipinski definition) is 1. The number of nitrogens with zero attached hydrogens (tertiary/aromatic N) is 3. The maximum absolute atomic E-state index is 14.0. The molecular weight excluding hydrogens is 408 g/mol. The van der Waals surface area contributed by atoms with Gasteiger partial charge in [-0.2, -0.15) is 0 Å². The van der Waals surface area contributed by atoms with Crippen molar-refractivity contribution in [2.24, 2.45) is 5.73 Å². The summed E-state index contributed by atoms with van der Waals surface area (Å²) in [5, 5.41) is 0. The molecule has 0 bridgehead atoms. The molecule has 2 amide bonds. The summed E-state index contributed by atoms with van der Waals surface area (Å²) >= 11 is 0. The van der Waals surface area contributed by atoms with Crippen LogP contribution in [0.5, 0.6) is 5.75 Å². The fourth-order valence-corrected chi connectivity index (χ4v) is 4.85. The Morgan fingerprint density at radius 3 is 2.56 bits per heavy atom. The molecule has 3 heterocycles. The Labute approximate surface area is 188 Å². The summed E-state index contributed by atoms with van der Waals surface area (Å²) in [5.41, 5.74) is 6.70. The Hall–Kier alpha value is -3.00. The van der Waals surface area contributed by atoms with Gasteiger partial charge in [0.2, 0.25) is 5.91 Å². The zero-order chi connectivity index (χ0) is 22.7. The highest BCUT2D eigenvalue weighted by Gasteiger charge is 2.45. The van der Waals surface area contributed by atoms with Crippen LogP contribution in [0.1, 0.15) is 59.0 Å². The molecule has 2 aliphatic rings. The van der Waals surface area contributed by atoms with Crippen LogP contribution < -0.4 is 10.5 Å². The summed E-state index contributed by atoms with van der Waals surface area (Å²) < 4.78 is 10.9. The van der Waals surface area contributed by atoms with E-state index in [1.165, 1.54) is 6.20 Å². The second kappa shape index (κ2) is 9.24. The highest BCUT2D eigenvalue weighted by Crippen LogP contribution is 2.39. The number of amides is 2. The van der Waals surface area contributed by atoms with Crippen molar-refractivity contribution in [3.05, 3.63) is 53.1 Å². The number of aromatic nitrogens is 2. The van der Waals surface area contributed by atoms with Gasteiger partial charge in [-0.15, -0.1) is 0 Å². The van der Waals surface area contributed by atoms with E-state index in [2.05, 4.69) is 9.97 Å². The summed E-state index contributed by atoms with van der Waals surface area (Å²) in [6, 6.07) is 7.82. The molecule has 2 aromatic rings. The van der Waals surface area contributed by atoms with Crippen molar-refractivity contribution in [3.8, 4) is 5.75 Å². The maximum atomic E-state index is 14.0. The zero-order valence-electron chi connectivity index (χ0n) is 18.7. The molecule has 8 nitrogen and oxygen atoms in total. The van der Waals surface area contributed by atoms with Gasteiger partial charge in [0.15, 0.2) is 0 Å². The Morgan fingerprint density at radius 2 is 1.94 bits per heavy atom. The third-order valence-corrected chi connectivity index (χ3v) is 6.74. The van der Waals surface area contributed by atoms with E-state index in [1.54, 1.807) is 14.0 Å². The number of methoxy groups -OCH3 is 1. The fraction of sp³-hybridized carbons (Fsp3) is 0.500. The number of benzene rings is 1. The van der Waals surface area contributed by atoms with Gasteiger partial charge in [0.25, 0.3) is 5.91 Å². The summed E-state index contributed by atoms with van der Waals surface area (Å²) in [4.78, 5) is 36.4. The molecule has 0 saturated carbocycles. The van der Waals surface area contributed by atoms with Gasteiger partial charge in [-0.3, -0.25) is 9.59 Å². The Morgan fingerprint density at radius 1 is 1.22 bits per heavy atom. The van der Waals surface area contributed by atoms with Crippen LogP contribution in [-0.2, 0) is 14.9 Å². The van der Waals surface area contributed by atoms with Gasteiger partial charge in [0.05, 0.1) is 23.8 Å². The van der Waals surface area contributed by atoms with Crippen molar-refractivity contribution >= 4 is 11.8 Å². The third kappa shape index (κ3) is 4.19. The molecule has 1 aromatic carbocycles. The minimum atomic E-state index is -0.598.